The van der Waals surface area contributed by atoms with Crippen LogP contribution in [0.25, 0.3) is 10.4 Å². The van der Waals surface area contributed by atoms with Crippen LogP contribution in [0.5, 0.6) is 0 Å². The molecule has 2 heterocycles. The largest absolute Gasteiger partial charge is 0.289 e. The molecule has 0 aliphatic heterocycles. The van der Waals surface area contributed by atoms with E-state index in [1.54, 1.807) is 12.1 Å². The Hall–Kier alpha value is -2.51. The van der Waals surface area contributed by atoms with E-state index >= 15 is 0 Å². The van der Waals surface area contributed by atoms with Crippen molar-refractivity contribution in [2.24, 2.45) is 0 Å². The Bertz CT molecular complexity index is 968. The van der Waals surface area contributed by atoms with Crippen LogP contribution in [0, 0.1) is 22.7 Å². The van der Waals surface area contributed by atoms with Gasteiger partial charge in [-0.1, -0.05) is 17.7 Å². The summed E-state index contributed by atoms with van der Waals surface area (Å²) in [5.74, 6) is 0.247. The Balaban J connectivity index is 2.19. The minimum Gasteiger partial charge on any atom is -0.286 e. The van der Waals surface area contributed by atoms with Crippen molar-refractivity contribution < 1.29 is 4.98 Å². The van der Waals surface area contributed by atoms with Crippen molar-refractivity contribution in [3.8, 4) is 22.6 Å². The number of benzene rings is 1. The number of rotatable bonds is 3. The summed E-state index contributed by atoms with van der Waals surface area (Å²) in [4.78, 5) is 4.72. The van der Waals surface area contributed by atoms with Gasteiger partial charge in [0, 0.05) is 20.4 Å². The monoisotopic (exact) mass is 369 g/mol. The zero-order valence-electron chi connectivity index (χ0n) is 12.2. The molecule has 0 radical (unpaired) electrons. The summed E-state index contributed by atoms with van der Waals surface area (Å²) in [6, 6.07) is 15.3. The van der Waals surface area contributed by atoms with E-state index in [4.69, 9.17) is 17.3 Å². The molecule has 24 heavy (non-hydrogen) atoms. The van der Waals surface area contributed by atoms with E-state index in [0.29, 0.717) is 21.2 Å². The number of thiophene rings is 1. The highest BCUT2D eigenvalue weighted by Crippen LogP contribution is 2.38. The van der Waals surface area contributed by atoms with Gasteiger partial charge in [0.1, 0.15) is 17.7 Å². The third kappa shape index (κ3) is 3.08. The molecule has 4 nitrogen and oxygen atoms in total. The molecule has 3 rings (SSSR count). The van der Waals surface area contributed by atoms with Crippen LogP contribution in [-0.4, -0.2) is 0 Å². The van der Waals surface area contributed by atoms with Crippen molar-refractivity contribution in [2.75, 3.05) is 5.73 Å². The Kier molecular flexibility index (Phi) is 4.73. The highest BCUT2D eigenvalue weighted by Gasteiger charge is 2.24. The zero-order valence-corrected chi connectivity index (χ0v) is 14.6. The first-order chi connectivity index (χ1) is 11.6. The summed E-state index contributed by atoms with van der Waals surface area (Å²) in [5.41, 5.74) is 7.29. The lowest BCUT2D eigenvalue weighted by molar-refractivity contribution is -0.410. The maximum absolute atomic E-state index is 9.68. The van der Waals surface area contributed by atoms with Gasteiger partial charge in [0.05, 0.1) is 0 Å². The molecule has 3 aromatic rings. The highest BCUT2D eigenvalue weighted by molar-refractivity contribution is 7.99. The molecule has 2 aromatic heterocycles. The number of hydrogen-bond donors (Lipinski definition) is 1. The molecular formula is C17H10ClN4S2+. The maximum atomic E-state index is 9.68. The van der Waals surface area contributed by atoms with Gasteiger partial charge < -0.3 is 0 Å². The standard InChI is InChI=1S/C17H9ClN4S2/c18-10-3-5-11(6-4-10)24-17-13(9-20)15(14-2-1-7-23-14)12(8-19)16(21)22-17/h1-7H,(H2,21,22)/p+1. The van der Waals surface area contributed by atoms with Gasteiger partial charge in [0.25, 0.3) is 5.82 Å². The van der Waals surface area contributed by atoms with Crippen LogP contribution in [-0.2, 0) is 0 Å². The summed E-state index contributed by atoms with van der Waals surface area (Å²) in [6.07, 6.45) is 0. The lowest BCUT2D eigenvalue weighted by Gasteiger charge is -2.08. The van der Waals surface area contributed by atoms with Gasteiger partial charge in [-0.25, -0.2) is 4.98 Å². The number of aromatic amines is 1. The number of nitrogen functional groups attached to an aromatic ring is 1. The van der Waals surface area contributed by atoms with Crippen molar-refractivity contribution in [3.63, 3.8) is 0 Å². The first-order valence-corrected chi connectivity index (χ1v) is 8.87. The average molecular weight is 370 g/mol. The second-order valence-electron chi connectivity index (χ2n) is 4.75. The molecule has 0 saturated heterocycles. The number of aromatic nitrogens is 1. The summed E-state index contributed by atoms with van der Waals surface area (Å²) >= 11 is 8.74. The van der Waals surface area contributed by atoms with Crippen LogP contribution in [0.2, 0.25) is 5.02 Å². The predicted octanol–water partition coefficient (Wildman–Crippen LogP) is 4.36. The van der Waals surface area contributed by atoms with Gasteiger partial charge in [-0.15, -0.1) is 11.3 Å². The first kappa shape index (κ1) is 16.4. The molecule has 0 atom stereocenters. The number of nitriles is 2. The topological polar surface area (TPSA) is 87.7 Å². The summed E-state index contributed by atoms with van der Waals surface area (Å²) < 4.78 is 0. The second kappa shape index (κ2) is 6.94. The van der Waals surface area contributed by atoms with Crippen LogP contribution < -0.4 is 10.7 Å². The van der Waals surface area contributed by atoms with E-state index in [2.05, 4.69) is 17.1 Å². The van der Waals surface area contributed by atoms with Crippen LogP contribution >= 0.6 is 34.7 Å². The number of hydrogen-bond acceptors (Lipinski definition) is 5. The number of pyridine rings is 1. The minimum atomic E-state index is 0.247. The molecule has 0 saturated carbocycles. The van der Waals surface area contributed by atoms with E-state index in [0.717, 1.165) is 9.77 Å². The maximum Gasteiger partial charge on any atom is 0.289 e. The van der Waals surface area contributed by atoms with E-state index in [9.17, 15) is 10.5 Å². The number of anilines is 1. The number of nitrogens with two attached hydrogens (primary N) is 1. The summed E-state index contributed by atoms with van der Waals surface area (Å²) in [5, 5.41) is 22.3. The normalized spacial score (nSPS) is 10.1. The molecule has 1 aromatic carbocycles. The van der Waals surface area contributed by atoms with E-state index in [1.807, 2.05) is 29.6 Å². The average Bonchev–Trinajstić information content (AvgIpc) is 3.10. The molecule has 3 N–H and O–H groups in total. The Labute approximate surface area is 152 Å². The molecule has 116 valence electrons. The number of H-pyrrole nitrogens is 1. The second-order valence-corrected chi connectivity index (χ2v) is 7.22. The summed E-state index contributed by atoms with van der Waals surface area (Å²) in [7, 11) is 0. The fourth-order valence-corrected chi connectivity index (χ4v) is 4.04. The third-order valence-corrected chi connectivity index (χ3v) is 5.43. The van der Waals surface area contributed by atoms with Gasteiger partial charge in [-0.3, -0.25) is 5.73 Å². The Morgan fingerprint density at radius 1 is 1.08 bits per heavy atom. The number of nitrogens with zero attached hydrogens (tertiary/aromatic N) is 2. The molecule has 7 heteroatoms. The van der Waals surface area contributed by atoms with Crippen molar-refractivity contribution in [2.45, 2.75) is 9.92 Å². The fourth-order valence-electron chi connectivity index (χ4n) is 2.21. The molecule has 0 amide bonds. The molecule has 0 spiro atoms. The molecule has 0 unspecified atom stereocenters. The molecule has 0 fully saturated rings. The Morgan fingerprint density at radius 3 is 2.38 bits per heavy atom. The quantitative estimate of drug-likeness (QED) is 0.742. The lowest BCUT2D eigenvalue weighted by atomic mass is 10.0. The smallest absolute Gasteiger partial charge is 0.286 e. The van der Waals surface area contributed by atoms with Gasteiger partial charge in [-0.05, 0) is 47.5 Å². The summed E-state index contributed by atoms with van der Waals surface area (Å²) in [6.45, 7) is 0. The molecule has 0 bridgehead atoms. The van der Waals surface area contributed by atoms with Crippen LogP contribution in [0.4, 0.5) is 5.82 Å². The molecule has 0 aliphatic rings. The predicted molar refractivity (Wildman–Crippen MR) is 95.7 cm³/mol. The van der Waals surface area contributed by atoms with Crippen molar-refractivity contribution in [1.82, 2.24) is 0 Å². The van der Waals surface area contributed by atoms with Crippen LogP contribution in [0.1, 0.15) is 11.1 Å². The van der Waals surface area contributed by atoms with E-state index < -0.39 is 0 Å². The minimum absolute atomic E-state index is 0.247. The SMILES string of the molecule is N#Cc1c(N)[nH+]c(Sc2ccc(Cl)cc2)c(C#N)c1-c1cccs1. The highest BCUT2D eigenvalue weighted by atomic mass is 35.5. The Morgan fingerprint density at radius 2 is 1.79 bits per heavy atom. The number of nitrogens with one attached hydrogen (secondary N) is 1. The van der Waals surface area contributed by atoms with Gasteiger partial charge >= 0.3 is 0 Å². The third-order valence-electron chi connectivity index (χ3n) is 3.27. The van der Waals surface area contributed by atoms with Crippen LogP contribution in [0.15, 0.2) is 51.7 Å². The van der Waals surface area contributed by atoms with Gasteiger partial charge in [0.15, 0.2) is 10.6 Å². The lowest BCUT2D eigenvalue weighted by Crippen LogP contribution is -2.18. The zero-order chi connectivity index (χ0) is 17.1. The van der Waals surface area contributed by atoms with E-state index in [-0.39, 0.29) is 11.4 Å². The van der Waals surface area contributed by atoms with Crippen molar-refractivity contribution in [3.05, 3.63) is 57.9 Å². The fraction of sp³-hybridized carbons (Fsp3) is 0. The van der Waals surface area contributed by atoms with Crippen LogP contribution in [0.3, 0.4) is 0 Å². The van der Waals surface area contributed by atoms with Gasteiger partial charge in [0.2, 0.25) is 0 Å². The molecular weight excluding hydrogens is 360 g/mol. The van der Waals surface area contributed by atoms with Crippen molar-refractivity contribution in [1.29, 1.82) is 10.5 Å². The number of halogens is 1. The van der Waals surface area contributed by atoms with Crippen molar-refractivity contribution >= 4 is 40.5 Å². The van der Waals surface area contributed by atoms with Gasteiger partial charge in [-0.2, -0.15) is 10.5 Å². The van der Waals surface area contributed by atoms with E-state index in [1.165, 1.54) is 23.1 Å². The molecule has 0 aliphatic carbocycles. The first-order valence-electron chi connectivity index (χ1n) is 6.80.